The first-order valence-corrected chi connectivity index (χ1v) is 11.5. The maximum atomic E-state index is 12.6. The second kappa shape index (κ2) is 9.42. The van der Waals surface area contributed by atoms with Gasteiger partial charge in [0.1, 0.15) is 10.8 Å². The van der Waals surface area contributed by atoms with Crippen molar-refractivity contribution >= 4 is 45.7 Å². The van der Waals surface area contributed by atoms with E-state index < -0.39 is 5.66 Å². The number of hydrogen-bond acceptors (Lipinski definition) is 6. The Morgan fingerprint density at radius 2 is 1.94 bits per heavy atom. The molecule has 1 N–H and O–H groups in total. The maximum Gasteiger partial charge on any atom is 0.234 e. The highest BCUT2D eigenvalue weighted by molar-refractivity contribution is 8.16. The van der Waals surface area contributed by atoms with Gasteiger partial charge >= 0.3 is 0 Å². The Kier molecular flexibility index (Phi) is 6.65. The molecule has 0 atom stereocenters. The number of anilines is 1. The predicted octanol–water partition coefficient (Wildman–Crippen LogP) is 4.34. The summed E-state index contributed by atoms with van der Waals surface area (Å²) in [5, 5.41) is 4.17. The van der Waals surface area contributed by atoms with Gasteiger partial charge in [-0.3, -0.25) is 9.79 Å². The number of hydrogen-bond donors (Lipinski definition) is 1. The number of benzene rings is 2. The van der Waals surface area contributed by atoms with Crippen LogP contribution in [-0.4, -0.2) is 60.2 Å². The molecule has 162 valence electrons. The number of likely N-dealkylation sites (tertiary alicyclic amines) is 1. The SMILES string of the molecule is COc1ccc(NC(=O)CSC2=NC3(CCN(C)CC3)N=C2c2ccccc2)cc1Cl. The van der Waals surface area contributed by atoms with E-state index in [1.54, 1.807) is 25.3 Å². The molecule has 0 saturated carbocycles. The summed E-state index contributed by atoms with van der Waals surface area (Å²) >= 11 is 7.58. The molecule has 0 radical (unpaired) electrons. The van der Waals surface area contributed by atoms with Gasteiger partial charge in [-0.2, -0.15) is 0 Å². The standard InChI is InChI=1S/C23H25ClN4O2S/c1-28-12-10-23(11-13-28)26-21(16-6-4-3-5-7-16)22(27-23)31-15-20(29)25-17-8-9-19(30-2)18(24)14-17/h3-9,14H,10-13,15H2,1-2H3,(H,25,29). The van der Waals surface area contributed by atoms with Crippen molar-refractivity contribution in [2.24, 2.45) is 9.98 Å². The normalized spacial score (nSPS) is 17.9. The minimum atomic E-state index is -0.403. The lowest BCUT2D eigenvalue weighted by atomic mass is 9.99. The van der Waals surface area contributed by atoms with Crippen LogP contribution in [0.1, 0.15) is 18.4 Å². The van der Waals surface area contributed by atoms with Crippen LogP contribution in [0.4, 0.5) is 5.69 Å². The summed E-state index contributed by atoms with van der Waals surface area (Å²) in [4.78, 5) is 25.0. The Morgan fingerprint density at radius 3 is 2.61 bits per heavy atom. The molecule has 0 bridgehead atoms. The van der Waals surface area contributed by atoms with E-state index in [-0.39, 0.29) is 11.7 Å². The molecule has 1 amide bonds. The van der Waals surface area contributed by atoms with Gasteiger partial charge in [0.2, 0.25) is 5.91 Å². The summed E-state index contributed by atoms with van der Waals surface area (Å²) in [6.07, 6.45) is 1.78. The number of aliphatic imine (C=N–C) groups is 2. The predicted molar refractivity (Wildman–Crippen MR) is 129 cm³/mol. The number of nitrogens with one attached hydrogen (secondary N) is 1. The topological polar surface area (TPSA) is 66.3 Å². The number of carbonyl (C=O) groups excluding carboxylic acids is 1. The van der Waals surface area contributed by atoms with E-state index in [2.05, 4.69) is 17.3 Å². The second-order valence-electron chi connectivity index (χ2n) is 7.72. The van der Waals surface area contributed by atoms with Crippen LogP contribution in [0.5, 0.6) is 5.75 Å². The third-order valence-electron chi connectivity index (χ3n) is 5.44. The summed E-state index contributed by atoms with van der Waals surface area (Å²) in [5.74, 6) is 0.691. The number of piperidine rings is 1. The van der Waals surface area contributed by atoms with E-state index in [1.807, 2.05) is 30.3 Å². The number of amides is 1. The highest BCUT2D eigenvalue weighted by atomic mass is 35.5. The molecule has 0 unspecified atom stereocenters. The van der Waals surface area contributed by atoms with Crippen LogP contribution in [0.15, 0.2) is 58.5 Å². The van der Waals surface area contributed by atoms with E-state index in [0.29, 0.717) is 16.5 Å². The maximum absolute atomic E-state index is 12.6. The molecule has 0 aliphatic carbocycles. The highest BCUT2D eigenvalue weighted by Gasteiger charge is 2.39. The van der Waals surface area contributed by atoms with Crippen LogP contribution in [0.3, 0.4) is 0 Å². The highest BCUT2D eigenvalue weighted by Crippen LogP contribution is 2.35. The van der Waals surface area contributed by atoms with E-state index in [0.717, 1.165) is 42.3 Å². The van der Waals surface area contributed by atoms with Crippen LogP contribution in [0.2, 0.25) is 5.02 Å². The monoisotopic (exact) mass is 456 g/mol. The quantitative estimate of drug-likeness (QED) is 0.726. The largest absolute Gasteiger partial charge is 0.495 e. The summed E-state index contributed by atoms with van der Waals surface area (Å²) in [5.41, 5.74) is 2.15. The van der Waals surface area contributed by atoms with Gasteiger partial charge in [-0.05, 0) is 25.2 Å². The number of methoxy groups -OCH3 is 1. The third kappa shape index (κ3) is 5.11. The van der Waals surface area contributed by atoms with Gasteiger partial charge in [0, 0.05) is 37.2 Å². The third-order valence-corrected chi connectivity index (χ3v) is 6.70. The van der Waals surface area contributed by atoms with Crippen LogP contribution in [0.25, 0.3) is 0 Å². The molecule has 8 heteroatoms. The van der Waals surface area contributed by atoms with Gasteiger partial charge in [-0.1, -0.05) is 53.7 Å². The van der Waals surface area contributed by atoms with E-state index in [9.17, 15) is 4.79 Å². The number of halogens is 1. The molecular formula is C23H25ClN4O2S. The number of nitrogens with zero attached hydrogens (tertiary/aromatic N) is 3. The van der Waals surface area contributed by atoms with E-state index >= 15 is 0 Å². The fraction of sp³-hybridized carbons (Fsp3) is 0.348. The van der Waals surface area contributed by atoms with Crippen molar-refractivity contribution in [1.29, 1.82) is 0 Å². The fourth-order valence-corrected chi connectivity index (χ4v) is 4.82. The number of ether oxygens (including phenoxy) is 1. The molecule has 4 rings (SSSR count). The molecule has 2 aromatic carbocycles. The molecule has 2 aromatic rings. The molecule has 2 aliphatic heterocycles. The molecule has 6 nitrogen and oxygen atoms in total. The van der Waals surface area contributed by atoms with Gasteiger partial charge < -0.3 is 15.0 Å². The van der Waals surface area contributed by atoms with Crippen molar-refractivity contribution in [3.63, 3.8) is 0 Å². The van der Waals surface area contributed by atoms with Gasteiger partial charge in [-0.25, -0.2) is 4.99 Å². The van der Waals surface area contributed by atoms with Crippen molar-refractivity contribution in [3.05, 3.63) is 59.1 Å². The minimum Gasteiger partial charge on any atom is -0.495 e. The number of rotatable bonds is 5. The van der Waals surface area contributed by atoms with Gasteiger partial charge in [-0.15, -0.1) is 0 Å². The smallest absolute Gasteiger partial charge is 0.234 e. The van der Waals surface area contributed by atoms with Crippen molar-refractivity contribution in [1.82, 2.24) is 4.90 Å². The molecule has 31 heavy (non-hydrogen) atoms. The lowest BCUT2D eigenvalue weighted by Crippen LogP contribution is -2.39. The van der Waals surface area contributed by atoms with E-state index in [4.69, 9.17) is 26.3 Å². The average molecular weight is 457 g/mol. The van der Waals surface area contributed by atoms with Gasteiger partial charge in [0.05, 0.1) is 23.6 Å². The van der Waals surface area contributed by atoms with Crippen LogP contribution in [0, 0.1) is 0 Å². The summed E-state index contributed by atoms with van der Waals surface area (Å²) < 4.78 is 5.15. The summed E-state index contributed by atoms with van der Waals surface area (Å²) in [6.45, 7) is 1.93. The van der Waals surface area contributed by atoms with Gasteiger partial charge in [0.25, 0.3) is 0 Å². The first-order chi connectivity index (χ1) is 15.0. The van der Waals surface area contributed by atoms with Crippen LogP contribution in [-0.2, 0) is 4.79 Å². The Bertz CT molecular complexity index is 1020. The zero-order valence-electron chi connectivity index (χ0n) is 17.6. The zero-order valence-corrected chi connectivity index (χ0v) is 19.2. The Balaban J connectivity index is 1.47. The van der Waals surface area contributed by atoms with Crippen molar-refractivity contribution in [2.45, 2.75) is 18.5 Å². The van der Waals surface area contributed by atoms with Crippen LogP contribution < -0.4 is 10.1 Å². The lowest BCUT2D eigenvalue weighted by Gasteiger charge is -2.33. The molecule has 2 heterocycles. The molecule has 1 fully saturated rings. The van der Waals surface area contributed by atoms with Crippen molar-refractivity contribution in [2.75, 3.05) is 38.3 Å². The van der Waals surface area contributed by atoms with Crippen LogP contribution >= 0.6 is 23.4 Å². The minimum absolute atomic E-state index is 0.120. The zero-order chi connectivity index (χ0) is 21.8. The first-order valence-electron chi connectivity index (χ1n) is 10.2. The molecular weight excluding hydrogens is 432 g/mol. The number of thioether (sulfide) groups is 1. The lowest BCUT2D eigenvalue weighted by molar-refractivity contribution is -0.113. The molecule has 2 aliphatic rings. The first kappa shape index (κ1) is 21.9. The van der Waals surface area contributed by atoms with E-state index in [1.165, 1.54) is 11.8 Å². The molecule has 1 saturated heterocycles. The summed E-state index contributed by atoms with van der Waals surface area (Å²) in [7, 11) is 3.68. The molecule has 0 aromatic heterocycles. The summed E-state index contributed by atoms with van der Waals surface area (Å²) in [6, 6.07) is 15.3. The van der Waals surface area contributed by atoms with Crippen molar-refractivity contribution in [3.8, 4) is 5.75 Å². The number of carbonyl (C=O) groups is 1. The second-order valence-corrected chi connectivity index (χ2v) is 9.09. The van der Waals surface area contributed by atoms with Gasteiger partial charge in [0.15, 0.2) is 5.66 Å². The Morgan fingerprint density at radius 1 is 1.19 bits per heavy atom. The Hall–Kier alpha value is -2.35. The molecule has 1 spiro atoms. The Labute approximate surface area is 191 Å². The fourth-order valence-electron chi connectivity index (χ4n) is 3.68. The van der Waals surface area contributed by atoms with Crippen molar-refractivity contribution < 1.29 is 9.53 Å². The average Bonchev–Trinajstić information content (AvgIpc) is 3.14.